The van der Waals surface area contributed by atoms with E-state index in [-0.39, 0.29) is 5.88 Å². The summed E-state index contributed by atoms with van der Waals surface area (Å²) in [6.07, 6.45) is 0. The first-order valence-electron chi connectivity index (χ1n) is 5.72. The second-order valence-corrected chi connectivity index (χ2v) is 7.64. The third-order valence-corrected chi connectivity index (χ3v) is 5.91. The van der Waals surface area contributed by atoms with Crippen LogP contribution in [0.25, 0.3) is 0 Å². The Kier molecular flexibility index (Phi) is 4.62. The molecule has 1 aromatic heterocycles. The molecular formula is C13H14ClNO2S2. The minimum absolute atomic E-state index is 0.188. The highest BCUT2D eigenvalue weighted by molar-refractivity contribution is 7.91. The van der Waals surface area contributed by atoms with Gasteiger partial charge < -0.3 is 0 Å². The van der Waals surface area contributed by atoms with Crippen LogP contribution in [0.4, 0.5) is 0 Å². The van der Waals surface area contributed by atoms with Crippen LogP contribution in [0.3, 0.4) is 0 Å². The van der Waals surface area contributed by atoms with Gasteiger partial charge in [0.1, 0.15) is 4.21 Å². The molecule has 6 heteroatoms. The Labute approximate surface area is 122 Å². The van der Waals surface area contributed by atoms with Gasteiger partial charge in [-0.1, -0.05) is 30.3 Å². The molecule has 1 aromatic carbocycles. The summed E-state index contributed by atoms with van der Waals surface area (Å²) in [4.78, 5) is 0.961. The number of alkyl halides is 1. The lowest BCUT2D eigenvalue weighted by Crippen LogP contribution is -2.29. The summed E-state index contributed by atoms with van der Waals surface area (Å²) in [6.45, 7) is 1.87. The van der Waals surface area contributed by atoms with Gasteiger partial charge in [0.05, 0.1) is 6.04 Å². The lowest BCUT2D eigenvalue weighted by atomic mass is 10.1. The van der Waals surface area contributed by atoms with Crippen LogP contribution in [-0.2, 0) is 10.0 Å². The van der Waals surface area contributed by atoms with Crippen LogP contribution in [0.1, 0.15) is 16.5 Å². The molecule has 1 N–H and O–H groups in total. The molecule has 102 valence electrons. The second-order valence-electron chi connectivity index (χ2n) is 4.10. The minimum Gasteiger partial charge on any atom is -0.206 e. The number of sulfonamides is 1. The van der Waals surface area contributed by atoms with Gasteiger partial charge in [0.15, 0.2) is 0 Å². The fourth-order valence-corrected chi connectivity index (χ4v) is 4.55. The molecule has 0 aliphatic carbocycles. The van der Waals surface area contributed by atoms with Crippen molar-refractivity contribution in [2.24, 2.45) is 0 Å². The molecule has 19 heavy (non-hydrogen) atoms. The fourth-order valence-electron chi connectivity index (χ4n) is 1.68. The summed E-state index contributed by atoms with van der Waals surface area (Å²) >= 11 is 7.13. The lowest BCUT2D eigenvalue weighted by Gasteiger charge is -2.15. The van der Waals surface area contributed by atoms with Crippen molar-refractivity contribution in [3.05, 3.63) is 52.9 Å². The first kappa shape index (κ1) is 14.5. The Bertz CT molecular complexity index is 638. The molecule has 0 fully saturated rings. The van der Waals surface area contributed by atoms with Crippen LogP contribution in [-0.4, -0.2) is 14.3 Å². The number of benzene rings is 1. The highest BCUT2D eigenvalue weighted by Gasteiger charge is 2.21. The number of nitrogens with one attached hydrogen (secondary N) is 1. The Morgan fingerprint density at radius 2 is 1.89 bits per heavy atom. The summed E-state index contributed by atoms with van der Waals surface area (Å²) in [5, 5.41) is 0. The molecule has 0 saturated carbocycles. The van der Waals surface area contributed by atoms with Crippen LogP contribution in [0.15, 0.2) is 46.7 Å². The normalized spacial score (nSPS) is 13.4. The smallest absolute Gasteiger partial charge is 0.206 e. The van der Waals surface area contributed by atoms with Gasteiger partial charge in [-0.05, 0) is 24.6 Å². The largest absolute Gasteiger partial charge is 0.250 e. The second kappa shape index (κ2) is 6.05. The Balaban J connectivity index is 2.23. The van der Waals surface area contributed by atoms with Gasteiger partial charge in [-0.15, -0.1) is 22.9 Å². The van der Waals surface area contributed by atoms with Gasteiger partial charge in [0.2, 0.25) is 0 Å². The molecule has 1 atom stereocenters. The van der Waals surface area contributed by atoms with E-state index in [1.165, 1.54) is 11.3 Å². The highest BCUT2D eigenvalue weighted by Crippen LogP contribution is 2.23. The van der Waals surface area contributed by atoms with Crippen molar-refractivity contribution in [1.29, 1.82) is 0 Å². The molecule has 3 nitrogen and oxygen atoms in total. The summed E-state index contributed by atoms with van der Waals surface area (Å²) in [5.41, 5.74) is 0.856. The Morgan fingerprint density at radius 1 is 1.21 bits per heavy atom. The highest BCUT2D eigenvalue weighted by atomic mass is 35.5. The van der Waals surface area contributed by atoms with E-state index in [0.29, 0.717) is 4.21 Å². The number of thiophene rings is 1. The number of hydrogen-bond donors (Lipinski definition) is 1. The van der Waals surface area contributed by atoms with Gasteiger partial charge in [-0.2, -0.15) is 0 Å². The molecule has 0 spiro atoms. The molecule has 0 aliphatic heterocycles. The average Bonchev–Trinajstić information content (AvgIpc) is 2.85. The van der Waals surface area contributed by atoms with Crippen molar-refractivity contribution in [3.63, 3.8) is 0 Å². The zero-order valence-corrected chi connectivity index (χ0v) is 12.7. The van der Waals surface area contributed by atoms with Crippen LogP contribution >= 0.6 is 22.9 Å². The molecule has 2 rings (SSSR count). The summed E-state index contributed by atoms with van der Waals surface area (Å²) in [6, 6.07) is 12.3. The minimum atomic E-state index is -3.51. The third kappa shape index (κ3) is 3.57. The van der Waals surface area contributed by atoms with Gasteiger partial charge >= 0.3 is 0 Å². The van der Waals surface area contributed by atoms with E-state index < -0.39 is 16.1 Å². The van der Waals surface area contributed by atoms with E-state index in [0.717, 1.165) is 10.4 Å². The number of halogens is 1. The van der Waals surface area contributed by atoms with Gasteiger partial charge in [0, 0.05) is 10.8 Å². The Hall–Kier alpha value is -0.880. The van der Waals surface area contributed by atoms with Gasteiger partial charge in [-0.25, -0.2) is 13.1 Å². The van der Waals surface area contributed by atoms with E-state index in [9.17, 15) is 8.42 Å². The van der Waals surface area contributed by atoms with Crippen molar-refractivity contribution in [2.75, 3.05) is 5.88 Å². The van der Waals surface area contributed by atoms with Crippen molar-refractivity contribution in [3.8, 4) is 0 Å². The molecule has 0 aliphatic rings. The predicted molar refractivity (Wildman–Crippen MR) is 79.3 cm³/mol. The van der Waals surface area contributed by atoms with E-state index in [1.807, 2.05) is 37.3 Å². The fraction of sp³-hybridized carbons (Fsp3) is 0.231. The predicted octanol–water partition coefficient (Wildman–Crippen LogP) is 3.31. The van der Waals surface area contributed by atoms with Crippen molar-refractivity contribution >= 4 is 33.0 Å². The topological polar surface area (TPSA) is 46.2 Å². The van der Waals surface area contributed by atoms with Crippen molar-refractivity contribution in [1.82, 2.24) is 4.72 Å². The summed E-state index contributed by atoms with van der Waals surface area (Å²) in [7, 11) is -3.51. The van der Waals surface area contributed by atoms with Crippen LogP contribution in [0, 0.1) is 6.92 Å². The van der Waals surface area contributed by atoms with Crippen LogP contribution in [0.5, 0.6) is 0 Å². The van der Waals surface area contributed by atoms with Crippen molar-refractivity contribution in [2.45, 2.75) is 17.2 Å². The zero-order chi connectivity index (χ0) is 13.9. The molecule has 2 aromatic rings. The summed E-state index contributed by atoms with van der Waals surface area (Å²) in [5.74, 6) is 0.188. The van der Waals surface area contributed by atoms with E-state index in [1.54, 1.807) is 12.1 Å². The van der Waals surface area contributed by atoms with E-state index in [4.69, 9.17) is 11.6 Å². The molecule has 0 amide bonds. The molecule has 1 heterocycles. The summed E-state index contributed by atoms with van der Waals surface area (Å²) < 4.78 is 27.4. The van der Waals surface area contributed by atoms with Gasteiger partial charge in [0.25, 0.3) is 10.0 Å². The van der Waals surface area contributed by atoms with Crippen LogP contribution < -0.4 is 4.72 Å². The lowest BCUT2D eigenvalue weighted by molar-refractivity contribution is 0.570. The first-order valence-corrected chi connectivity index (χ1v) is 8.56. The molecule has 0 radical (unpaired) electrons. The van der Waals surface area contributed by atoms with Crippen molar-refractivity contribution < 1.29 is 8.42 Å². The van der Waals surface area contributed by atoms with Crippen LogP contribution in [0.2, 0.25) is 0 Å². The maximum Gasteiger partial charge on any atom is 0.250 e. The molecule has 0 saturated heterocycles. The van der Waals surface area contributed by atoms with Gasteiger partial charge in [-0.3, -0.25) is 0 Å². The molecule has 0 bridgehead atoms. The molecule has 1 unspecified atom stereocenters. The quantitative estimate of drug-likeness (QED) is 0.860. The maximum atomic E-state index is 12.2. The standard InChI is InChI=1S/C13H14ClNO2S2/c1-10-7-8-13(18-10)19(16,17)15-12(9-14)11-5-3-2-4-6-11/h2-8,12,15H,9H2,1H3. The maximum absolute atomic E-state index is 12.2. The monoisotopic (exact) mass is 315 g/mol. The Morgan fingerprint density at radius 3 is 2.42 bits per heavy atom. The number of rotatable bonds is 5. The SMILES string of the molecule is Cc1ccc(S(=O)(=O)NC(CCl)c2ccccc2)s1. The molecular weight excluding hydrogens is 302 g/mol. The number of aryl methyl sites for hydroxylation is 1. The average molecular weight is 316 g/mol. The van der Waals surface area contributed by atoms with E-state index >= 15 is 0 Å². The van der Waals surface area contributed by atoms with E-state index in [2.05, 4.69) is 4.72 Å². The third-order valence-electron chi connectivity index (χ3n) is 2.63. The zero-order valence-electron chi connectivity index (χ0n) is 10.3. The number of hydrogen-bond acceptors (Lipinski definition) is 3. The first-order chi connectivity index (χ1) is 9.03.